The van der Waals surface area contributed by atoms with E-state index in [1.165, 1.54) is 12.3 Å². The Kier molecular flexibility index (Phi) is 4.40. The van der Waals surface area contributed by atoms with Crippen LogP contribution in [0.5, 0.6) is 0 Å². The number of imidazole rings is 1. The number of nitrogens with two attached hydrogens (primary N) is 1. The van der Waals surface area contributed by atoms with Crippen molar-refractivity contribution in [1.29, 1.82) is 0 Å². The Morgan fingerprint density at radius 3 is 2.96 bits per heavy atom. The molecule has 10 heteroatoms. The summed E-state index contributed by atoms with van der Waals surface area (Å²) in [5.74, 6) is 0.116. The van der Waals surface area contributed by atoms with Gasteiger partial charge in [-0.1, -0.05) is 0 Å². The molecule has 3 aromatic rings. The topological polar surface area (TPSA) is 119 Å². The van der Waals surface area contributed by atoms with E-state index in [-0.39, 0.29) is 5.82 Å². The first-order valence-corrected chi connectivity index (χ1v) is 8.74. The van der Waals surface area contributed by atoms with Crippen molar-refractivity contribution in [1.82, 2.24) is 25.1 Å². The number of halogens is 1. The molecule has 1 aliphatic heterocycles. The molecule has 142 valence electrons. The van der Waals surface area contributed by atoms with Gasteiger partial charge in [-0.25, -0.2) is 14.2 Å². The molecule has 3 heterocycles. The second kappa shape index (κ2) is 6.88. The number of aromatic amines is 2. The van der Waals surface area contributed by atoms with E-state index in [0.717, 1.165) is 32.6 Å². The monoisotopic (exact) mass is 372 g/mol. The van der Waals surface area contributed by atoms with E-state index < -0.39 is 6.03 Å². The smallest absolute Gasteiger partial charge is 0.316 e. The summed E-state index contributed by atoms with van der Waals surface area (Å²) in [7, 11) is 2.08. The van der Waals surface area contributed by atoms with Crippen LogP contribution in [0.15, 0.2) is 18.3 Å². The summed E-state index contributed by atoms with van der Waals surface area (Å²) >= 11 is 0. The molecule has 1 aromatic carbocycles. The van der Waals surface area contributed by atoms with Gasteiger partial charge >= 0.3 is 6.03 Å². The van der Waals surface area contributed by atoms with Crippen LogP contribution in [0.1, 0.15) is 6.42 Å². The summed E-state index contributed by atoms with van der Waals surface area (Å²) in [4.78, 5) is 23.0. The minimum atomic E-state index is -0.701. The SMILES string of the molecule is CN1CCCN(c2cc3[nH]c(-c4n[nH]cc4NC(N)=O)nc3cc2F)CC1. The Morgan fingerprint density at radius 1 is 1.30 bits per heavy atom. The second-order valence-corrected chi connectivity index (χ2v) is 6.69. The van der Waals surface area contributed by atoms with Gasteiger partial charge in [0, 0.05) is 31.9 Å². The van der Waals surface area contributed by atoms with Gasteiger partial charge in [-0.3, -0.25) is 5.10 Å². The van der Waals surface area contributed by atoms with Gasteiger partial charge in [-0.15, -0.1) is 0 Å². The lowest BCUT2D eigenvalue weighted by Gasteiger charge is -2.23. The molecule has 2 amide bonds. The fourth-order valence-corrected chi connectivity index (χ4v) is 3.36. The van der Waals surface area contributed by atoms with Gasteiger partial charge in [-0.2, -0.15) is 5.10 Å². The highest BCUT2D eigenvalue weighted by Crippen LogP contribution is 2.29. The molecule has 2 aromatic heterocycles. The summed E-state index contributed by atoms with van der Waals surface area (Å²) < 4.78 is 14.7. The maximum absolute atomic E-state index is 14.7. The molecule has 0 bridgehead atoms. The number of carbonyl (C=O) groups excluding carboxylic acids is 1. The van der Waals surface area contributed by atoms with Gasteiger partial charge in [-0.05, 0) is 26.1 Å². The van der Waals surface area contributed by atoms with Crippen LogP contribution in [0.4, 0.5) is 20.6 Å². The molecule has 0 aliphatic carbocycles. The van der Waals surface area contributed by atoms with Gasteiger partial charge < -0.3 is 25.8 Å². The molecule has 9 nitrogen and oxygen atoms in total. The lowest BCUT2D eigenvalue weighted by molar-refractivity contribution is 0.259. The van der Waals surface area contributed by atoms with Crippen molar-refractivity contribution in [2.75, 3.05) is 43.4 Å². The van der Waals surface area contributed by atoms with Crippen LogP contribution in [0, 0.1) is 5.82 Å². The number of hydrogen-bond acceptors (Lipinski definition) is 5. The number of nitrogens with zero attached hydrogens (tertiary/aromatic N) is 4. The molecule has 1 fully saturated rings. The molecular formula is C17H21FN8O. The van der Waals surface area contributed by atoms with Gasteiger partial charge in [0.2, 0.25) is 0 Å². The van der Waals surface area contributed by atoms with Crippen LogP contribution in [0.25, 0.3) is 22.6 Å². The van der Waals surface area contributed by atoms with Crippen LogP contribution >= 0.6 is 0 Å². The zero-order valence-corrected chi connectivity index (χ0v) is 14.9. The molecule has 0 spiro atoms. The Hall–Kier alpha value is -3.14. The number of likely N-dealkylation sites (N-methyl/N-ethyl adjacent to an activating group) is 1. The van der Waals surface area contributed by atoms with E-state index in [2.05, 4.69) is 42.3 Å². The van der Waals surface area contributed by atoms with E-state index in [4.69, 9.17) is 5.73 Å². The number of urea groups is 1. The third-order valence-corrected chi connectivity index (χ3v) is 4.73. The van der Waals surface area contributed by atoms with Crippen molar-refractivity contribution in [2.24, 2.45) is 5.73 Å². The maximum atomic E-state index is 14.7. The minimum Gasteiger partial charge on any atom is -0.368 e. The lowest BCUT2D eigenvalue weighted by Crippen LogP contribution is -2.29. The molecule has 0 saturated carbocycles. The van der Waals surface area contributed by atoms with Crippen molar-refractivity contribution in [2.45, 2.75) is 6.42 Å². The largest absolute Gasteiger partial charge is 0.368 e. The van der Waals surface area contributed by atoms with Gasteiger partial charge in [0.1, 0.15) is 5.82 Å². The number of H-pyrrole nitrogens is 2. The number of carbonyl (C=O) groups is 1. The zero-order valence-electron chi connectivity index (χ0n) is 14.9. The molecule has 1 aliphatic rings. The molecular weight excluding hydrogens is 351 g/mol. The van der Waals surface area contributed by atoms with Crippen LogP contribution in [-0.4, -0.2) is 64.3 Å². The normalized spacial score (nSPS) is 15.9. The average Bonchev–Trinajstić information content (AvgIpc) is 3.16. The van der Waals surface area contributed by atoms with E-state index in [1.54, 1.807) is 6.07 Å². The first kappa shape index (κ1) is 17.3. The molecule has 5 N–H and O–H groups in total. The molecule has 4 rings (SSSR count). The summed E-state index contributed by atoms with van der Waals surface area (Å²) in [5, 5.41) is 9.24. The van der Waals surface area contributed by atoms with Crippen LogP contribution in [-0.2, 0) is 0 Å². The molecule has 0 atom stereocenters. The predicted molar refractivity (Wildman–Crippen MR) is 101 cm³/mol. The highest BCUT2D eigenvalue weighted by molar-refractivity contribution is 5.92. The number of nitrogens with one attached hydrogen (secondary N) is 3. The Labute approximate surface area is 154 Å². The van der Waals surface area contributed by atoms with Gasteiger partial charge in [0.25, 0.3) is 0 Å². The van der Waals surface area contributed by atoms with E-state index in [1.807, 2.05) is 0 Å². The second-order valence-electron chi connectivity index (χ2n) is 6.69. The number of aromatic nitrogens is 4. The first-order valence-electron chi connectivity index (χ1n) is 8.74. The van der Waals surface area contributed by atoms with Crippen molar-refractivity contribution in [3.8, 4) is 11.5 Å². The van der Waals surface area contributed by atoms with E-state index in [9.17, 15) is 9.18 Å². The standard InChI is InChI=1S/C17H21FN8O/c1-25-3-2-4-26(6-5-25)14-8-12-11(7-10(14)18)21-16(22-12)15-13(9-20-24-15)23-17(19)27/h7-9H,2-6H2,1H3,(H,20,24)(H,21,22)(H3,19,23,27). The number of benzene rings is 1. The van der Waals surface area contributed by atoms with Crippen LogP contribution in [0.2, 0.25) is 0 Å². The first-order chi connectivity index (χ1) is 13.0. The van der Waals surface area contributed by atoms with Gasteiger partial charge in [0.05, 0.1) is 22.4 Å². The zero-order chi connectivity index (χ0) is 19.0. The highest BCUT2D eigenvalue weighted by Gasteiger charge is 2.19. The Bertz CT molecular complexity index is 981. The number of fused-ring (bicyclic) bond motifs is 1. The number of primary amides is 1. The quantitative estimate of drug-likeness (QED) is 0.558. The Balaban J connectivity index is 1.69. The minimum absolute atomic E-state index is 0.303. The Morgan fingerprint density at radius 2 is 2.15 bits per heavy atom. The van der Waals surface area contributed by atoms with Crippen molar-refractivity contribution < 1.29 is 9.18 Å². The van der Waals surface area contributed by atoms with Crippen molar-refractivity contribution >= 4 is 28.4 Å². The molecule has 27 heavy (non-hydrogen) atoms. The maximum Gasteiger partial charge on any atom is 0.316 e. The van der Waals surface area contributed by atoms with Crippen LogP contribution in [0.3, 0.4) is 0 Å². The fourth-order valence-electron chi connectivity index (χ4n) is 3.36. The third-order valence-electron chi connectivity index (χ3n) is 4.73. The number of amides is 2. The van der Waals surface area contributed by atoms with Crippen LogP contribution < -0.4 is 16.0 Å². The lowest BCUT2D eigenvalue weighted by atomic mass is 10.2. The average molecular weight is 372 g/mol. The molecule has 0 unspecified atom stereocenters. The summed E-state index contributed by atoms with van der Waals surface area (Å²) in [6.07, 6.45) is 2.49. The van der Waals surface area contributed by atoms with E-state index >= 15 is 0 Å². The molecule has 1 saturated heterocycles. The van der Waals surface area contributed by atoms with Crippen molar-refractivity contribution in [3.63, 3.8) is 0 Å². The number of hydrogen-bond donors (Lipinski definition) is 4. The number of rotatable bonds is 3. The summed E-state index contributed by atoms with van der Waals surface area (Å²) in [6, 6.07) is 2.50. The third kappa shape index (κ3) is 3.43. The van der Waals surface area contributed by atoms with Crippen molar-refractivity contribution in [3.05, 3.63) is 24.1 Å². The highest BCUT2D eigenvalue weighted by atomic mass is 19.1. The van der Waals surface area contributed by atoms with E-state index in [0.29, 0.717) is 33.9 Å². The predicted octanol–water partition coefficient (Wildman–Crippen LogP) is 1.72. The fraction of sp³-hybridized carbons (Fsp3) is 0.353. The summed E-state index contributed by atoms with van der Waals surface area (Å²) in [5.41, 5.74) is 7.73. The van der Waals surface area contributed by atoms with Gasteiger partial charge in [0.15, 0.2) is 11.5 Å². The molecule has 0 radical (unpaired) electrons. The summed E-state index contributed by atoms with van der Waals surface area (Å²) in [6.45, 7) is 3.47. The number of anilines is 2.